The minimum Gasteiger partial charge on any atom is -0.494 e. The van der Waals surface area contributed by atoms with E-state index < -0.39 is 0 Å². The maximum atomic E-state index is 11.9. The molecule has 0 heterocycles. The molecule has 4 heteroatoms. The molecule has 0 bridgehead atoms. The van der Waals surface area contributed by atoms with E-state index in [2.05, 4.69) is 5.32 Å². The third kappa shape index (κ3) is 5.26. The lowest BCUT2D eigenvalue weighted by Crippen LogP contribution is -2.07. The maximum absolute atomic E-state index is 11.9. The standard InChI is InChI=1S/C18H18ClNO2/c1-2-12-22-17-5-3-4-16(13-17)20-18(21)11-8-14-6-9-15(19)10-7-14/h3-11,13H,2,12H2,1H3,(H,20,21)/b11-8+. The highest BCUT2D eigenvalue weighted by Gasteiger charge is 2.00. The van der Waals surface area contributed by atoms with Crippen LogP contribution in [0.4, 0.5) is 5.69 Å². The van der Waals surface area contributed by atoms with Crippen LogP contribution >= 0.6 is 11.6 Å². The Labute approximate surface area is 135 Å². The Hall–Kier alpha value is -2.26. The molecule has 0 aliphatic heterocycles. The molecule has 0 aliphatic rings. The summed E-state index contributed by atoms with van der Waals surface area (Å²) in [5.41, 5.74) is 1.62. The van der Waals surface area contributed by atoms with Crippen LogP contribution in [0.5, 0.6) is 5.75 Å². The fraction of sp³-hybridized carbons (Fsp3) is 0.167. The van der Waals surface area contributed by atoms with Crippen LogP contribution in [-0.2, 0) is 4.79 Å². The van der Waals surface area contributed by atoms with Crippen LogP contribution in [0.3, 0.4) is 0 Å². The van der Waals surface area contributed by atoms with Gasteiger partial charge in [0.05, 0.1) is 6.61 Å². The number of hydrogen-bond acceptors (Lipinski definition) is 2. The number of carbonyl (C=O) groups is 1. The Morgan fingerprint density at radius 1 is 1.23 bits per heavy atom. The van der Waals surface area contributed by atoms with Crippen molar-refractivity contribution in [3.05, 3.63) is 65.2 Å². The molecule has 0 radical (unpaired) electrons. The van der Waals surface area contributed by atoms with Crippen molar-refractivity contribution < 1.29 is 9.53 Å². The molecule has 0 saturated heterocycles. The molecular weight excluding hydrogens is 298 g/mol. The number of halogens is 1. The molecule has 1 N–H and O–H groups in total. The Morgan fingerprint density at radius 3 is 2.73 bits per heavy atom. The largest absolute Gasteiger partial charge is 0.494 e. The zero-order valence-electron chi connectivity index (χ0n) is 12.4. The van der Waals surface area contributed by atoms with Crippen molar-refractivity contribution in [2.45, 2.75) is 13.3 Å². The number of ether oxygens (including phenoxy) is 1. The summed E-state index contributed by atoms with van der Waals surface area (Å²) in [6.45, 7) is 2.71. The number of anilines is 1. The summed E-state index contributed by atoms with van der Waals surface area (Å²) in [7, 11) is 0. The summed E-state index contributed by atoms with van der Waals surface area (Å²) in [6, 6.07) is 14.6. The van der Waals surface area contributed by atoms with Gasteiger partial charge in [0.25, 0.3) is 0 Å². The first-order valence-electron chi connectivity index (χ1n) is 7.15. The van der Waals surface area contributed by atoms with Gasteiger partial charge in [0, 0.05) is 22.9 Å². The van der Waals surface area contributed by atoms with Gasteiger partial charge in [0.15, 0.2) is 0 Å². The van der Waals surface area contributed by atoms with Crippen LogP contribution in [0.1, 0.15) is 18.9 Å². The number of benzene rings is 2. The average Bonchev–Trinajstić information content (AvgIpc) is 2.53. The van der Waals surface area contributed by atoms with Crippen molar-refractivity contribution in [1.82, 2.24) is 0 Å². The van der Waals surface area contributed by atoms with Crippen molar-refractivity contribution in [2.24, 2.45) is 0 Å². The number of amides is 1. The molecule has 0 aliphatic carbocycles. The summed E-state index contributed by atoms with van der Waals surface area (Å²) in [5.74, 6) is 0.559. The number of hydrogen-bond donors (Lipinski definition) is 1. The monoisotopic (exact) mass is 315 g/mol. The Bertz CT molecular complexity index is 650. The molecule has 2 aromatic rings. The molecule has 0 atom stereocenters. The van der Waals surface area contributed by atoms with E-state index in [0.29, 0.717) is 17.3 Å². The van der Waals surface area contributed by atoms with Gasteiger partial charge >= 0.3 is 0 Å². The smallest absolute Gasteiger partial charge is 0.248 e. The molecule has 3 nitrogen and oxygen atoms in total. The van der Waals surface area contributed by atoms with E-state index >= 15 is 0 Å². The van der Waals surface area contributed by atoms with Crippen molar-refractivity contribution in [3.8, 4) is 5.75 Å². The normalized spacial score (nSPS) is 10.6. The van der Waals surface area contributed by atoms with Gasteiger partial charge in [-0.3, -0.25) is 4.79 Å². The molecule has 2 aromatic carbocycles. The molecule has 0 spiro atoms. The first kappa shape index (κ1) is 16.1. The molecule has 0 fully saturated rings. The zero-order valence-corrected chi connectivity index (χ0v) is 13.1. The first-order chi connectivity index (χ1) is 10.7. The lowest BCUT2D eigenvalue weighted by Gasteiger charge is -2.07. The van der Waals surface area contributed by atoms with Crippen molar-refractivity contribution >= 4 is 29.3 Å². The molecule has 2 rings (SSSR count). The van der Waals surface area contributed by atoms with Crippen LogP contribution in [0.2, 0.25) is 5.02 Å². The third-order valence-electron chi connectivity index (χ3n) is 2.87. The number of rotatable bonds is 6. The van der Waals surface area contributed by atoms with E-state index in [9.17, 15) is 4.79 Å². The summed E-state index contributed by atoms with van der Waals surface area (Å²) < 4.78 is 5.54. The van der Waals surface area contributed by atoms with E-state index in [-0.39, 0.29) is 5.91 Å². The quantitative estimate of drug-likeness (QED) is 0.779. The van der Waals surface area contributed by atoms with Crippen LogP contribution in [-0.4, -0.2) is 12.5 Å². The van der Waals surface area contributed by atoms with Gasteiger partial charge in [-0.25, -0.2) is 0 Å². The summed E-state index contributed by atoms with van der Waals surface area (Å²) in [6.07, 6.45) is 4.17. The van der Waals surface area contributed by atoms with Crippen LogP contribution in [0.25, 0.3) is 6.08 Å². The van der Waals surface area contributed by atoms with E-state index in [1.165, 1.54) is 6.08 Å². The highest BCUT2D eigenvalue weighted by molar-refractivity contribution is 6.30. The van der Waals surface area contributed by atoms with Gasteiger partial charge < -0.3 is 10.1 Å². The number of carbonyl (C=O) groups excluding carboxylic acids is 1. The molecule has 0 unspecified atom stereocenters. The Balaban J connectivity index is 1.95. The minimum atomic E-state index is -0.192. The van der Waals surface area contributed by atoms with Gasteiger partial charge in [-0.05, 0) is 42.3 Å². The number of nitrogens with one attached hydrogen (secondary N) is 1. The molecule has 0 aromatic heterocycles. The first-order valence-corrected chi connectivity index (χ1v) is 7.52. The van der Waals surface area contributed by atoms with Gasteiger partial charge in [-0.15, -0.1) is 0 Å². The van der Waals surface area contributed by atoms with Gasteiger partial charge in [-0.1, -0.05) is 36.7 Å². The van der Waals surface area contributed by atoms with Gasteiger partial charge in [0.1, 0.15) is 5.75 Å². The fourth-order valence-corrected chi connectivity index (χ4v) is 1.94. The third-order valence-corrected chi connectivity index (χ3v) is 3.12. The Morgan fingerprint density at radius 2 is 2.00 bits per heavy atom. The lowest BCUT2D eigenvalue weighted by molar-refractivity contribution is -0.111. The molecule has 114 valence electrons. The molecular formula is C18H18ClNO2. The van der Waals surface area contributed by atoms with Crippen molar-refractivity contribution in [1.29, 1.82) is 0 Å². The SMILES string of the molecule is CCCOc1cccc(NC(=O)/C=C/c2ccc(Cl)cc2)c1. The topological polar surface area (TPSA) is 38.3 Å². The van der Waals surface area contributed by atoms with Gasteiger partial charge in [-0.2, -0.15) is 0 Å². The zero-order chi connectivity index (χ0) is 15.8. The van der Waals surface area contributed by atoms with Crippen LogP contribution in [0, 0.1) is 0 Å². The average molecular weight is 316 g/mol. The van der Waals surface area contributed by atoms with E-state index in [1.54, 1.807) is 18.2 Å². The van der Waals surface area contributed by atoms with Gasteiger partial charge in [0.2, 0.25) is 5.91 Å². The molecule has 1 amide bonds. The lowest BCUT2D eigenvalue weighted by atomic mass is 10.2. The van der Waals surface area contributed by atoms with E-state index in [1.807, 2.05) is 43.3 Å². The van der Waals surface area contributed by atoms with Crippen molar-refractivity contribution in [3.63, 3.8) is 0 Å². The summed E-state index contributed by atoms with van der Waals surface area (Å²) >= 11 is 5.82. The van der Waals surface area contributed by atoms with Crippen LogP contribution < -0.4 is 10.1 Å². The maximum Gasteiger partial charge on any atom is 0.248 e. The minimum absolute atomic E-state index is 0.192. The van der Waals surface area contributed by atoms with E-state index in [4.69, 9.17) is 16.3 Å². The van der Waals surface area contributed by atoms with Crippen LogP contribution in [0.15, 0.2) is 54.6 Å². The van der Waals surface area contributed by atoms with E-state index in [0.717, 1.165) is 17.7 Å². The molecule has 0 saturated carbocycles. The second-order valence-electron chi connectivity index (χ2n) is 4.75. The predicted octanol–water partition coefficient (Wildman–Crippen LogP) is 4.78. The summed E-state index contributed by atoms with van der Waals surface area (Å²) in [5, 5.41) is 3.48. The second-order valence-corrected chi connectivity index (χ2v) is 5.19. The highest BCUT2D eigenvalue weighted by atomic mass is 35.5. The fourth-order valence-electron chi connectivity index (χ4n) is 1.81. The Kier molecular flexibility index (Phi) is 6.04. The second kappa shape index (κ2) is 8.25. The highest BCUT2D eigenvalue weighted by Crippen LogP contribution is 2.17. The van der Waals surface area contributed by atoms with Crippen molar-refractivity contribution in [2.75, 3.05) is 11.9 Å². The summed E-state index contributed by atoms with van der Waals surface area (Å²) in [4.78, 5) is 11.9. The predicted molar refractivity (Wildman–Crippen MR) is 91.3 cm³/mol. The molecule has 22 heavy (non-hydrogen) atoms.